The highest BCUT2D eigenvalue weighted by Crippen LogP contribution is 2.36. The highest BCUT2D eigenvalue weighted by Gasteiger charge is 2.46. The number of nitrogens with zero attached hydrogens (tertiary/aromatic N) is 5. The van der Waals surface area contributed by atoms with Crippen LogP contribution in [0.2, 0.25) is 0 Å². The van der Waals surface area contributed by atoms with E-state index in [-0.39, 0.29) is 24.7 Å². The highest BCUT2D eigenvalue weighted by molar-refractivity contribution is 6.25. The molecule has 4 aliphatic rings. The van der Waals surface area contributed by atoms with Crippen molar-refractivity contribution in [3.8, 4) is 0 Å². The minimum Gasteiger partial charge on any atom is -0.378 e. The molecule has 226 valence electrons. The van der Waals surface area contributed by atoms with Gasteiger partial charge in [-0.05, 0) is 61.6 Å². The summed E-state index contributed by atoms with van der Waals surface area (Å²) >= 11 is 0. The van der Waals surface area contributed by atoms with Crippen molar-refractivity contribution in [1.29, 1.82) is 0 Å². The molecule has 2 aromatic carbocycles. The molecule has 3 fully saturated rings. The van der Waals surface area contributed by atoms with Crippen LogP contribution in [0.1, 0.15) is 56.8 Å². The van der Waals surface area contributed by atoms with Gasteiger partial charge < -0.3 is 14.7 Å². The number of hydrogen-bond donors (Lipinski definition) is 1. The molecule has 2 aromatic rings. The van der Waals surface area contributed by atoms with Crippen LogP contribution in [0.15, 0.2) is 42.5 Å². The van der Waals surface area contributed by atoms with E-state index < -0.39 is 23.8 Å². The fourth-order valence-electron chi connectivity index (χ4n) is 6.70. The lowest BCUT2D eigenvalue weighted by Gasteiger charge is -2.39. The van der Waals surface area contributed by atoms with E-state index in [2.05, 4.69) is 15.1 Å². The van der Waals surface area contributed by atoms with Gasteiger partial charge in [-0.2, -0.15) is 0 Å². The molecule has 4 heterocycles. The van der Waals surface area contributed by atoms with Gasteiger partial charge in [0.2, 0.25) is 11.8 Å². The van der Waals surface area contributed by atoms with Crippen LogP contribution >= 0.6 is 0 Å². The second-order valence-electron chi connectivity index (χ2n) is 12.1. The van der Waals surface area contributed by atoms with Crippen LogP contribution in [0.25, 0.3) is 0 Å². The molecule has 0 aromatic heterocycles. The molecule has 11 nitrogen and oxygen atoms in total. The summed E-state index contributed by atoms with van der Waals surface area (Å²) in [5.41, 5.74) is 3.19. The van der Waals surface area contributed by atoms with Crippen LogP contribution in [-0.4, -0.2) is 110 Å². The Morgan fingerprint density at radius 3 is 2.21 bits per heavy atom. The predicted octanol–water partition coefficient (Wildman–Crippen LogP) is 1.83. The molecular formula is C32H38N6O5. The maximum absolute atomic E-state index is 13.5. The molecule has 0 spiro atoms. The van der Waals surface area contributed by atoms with Gasteiger partial charge in [-0.1, -0.05) is 6.07 Å². The van der Waals surface area contributed by atoms with Gasteiger partial charge in [0.1, 0.15) is 6.04 Å². The van der Waals surface area contributed by atoms with E-state index in [4.69, 9.17) is 0 Å². The van der Waals surface area contributed by atoms with Gasteiger partial charge in [0.25, 0.3) is 17.7 Å². The van der Waals surface area contributed by atoms with Crippen molar-refractivity contribution in [3.05, 3.63) is 59.2 Å². The molecule has 6 rings (SSSR count). The summed E-state index contributed by atoms with van der Waals surface area (Å²) in [7, 11) is 3.96. The first-order chi connectivity index (χ1) is 20.7. The second-order valence-corrected chi connectivity index (χ2v) is 12.1. The van der Waals surface area contributed by atoms with Crippen LogP contribution in [0.5, 0.6) is 0 Å². The topological polar surface area (TPSA) is 114 Å². The van der Waals surface area contributed by atoms with E-state index in [0.717, 1.165) is 67.4 Å². The molecule has 1 atom stereocenters. The van der Waals surface area contributed by atoms with Crippen molar-refractivity contribution < 1.29 is 24.0 Å². The first-order valence-corrected chi connectivity index (χ1v) is 15.1. The Hall–Kier alpha value is -4.25. The largest absolute Gasteiger partial charge is 0.378 e. The van der Waals surface area contributed by atoms with Crippen molar-refractivity contribution in [1.82, 2.24) is 20.0 Å². The average Bonchev–Trinajstić information content (AvgIpc) is 3.27. The van der Waals surface area contributed by atoms with E-state index >= 15 is 0 Å². The standard InChI is InChI=1S/C32H38N6O5/c1-34(2)23-8-6-22(7-9-23)30(41)37-18-16-35(17-19-37)20-21-12-14-36(15-13-21)25-5-3-4-24-28(25)32(43)38(31(24)42)26-10-11-27(39)33-29(26)40/h3-9,21,26H,10-20H2,1-2H3,(H,33,39,40). The molecule has 1 N–H and O–H groups in total. The predicted molar refractivity (Wildman–Crippen MR) is 161 cm³/mol. The molecule has 3 saturated heterocycles. The zero-order chi connectivity index (χ0) is 30.2. The summed E-state index contributed by atoms with van der Waals surface area (Å²) < 4.78 is 0. The van der Waals surface area contributed by atoms with E-state index in [1.54, 1.807) is 12.1 Å². The van der Waals surface area contributed by atoms with Crippen molar-refractivity contribution >= 4 is 40.9 Å². The third-order valence-electron chi connectivity index (χ3n) is 9.21. The van der Waals surface area contributed by atoms with Gasteiger partial charge in [0, 0.05) is 77.6 Å². The summed E-state index contributed by atoms with van der Waals surface area (Å²) in [4.78, 5) is 73.4. The third kappa shape index (κ3) is 5.61. The molecular weight excluding hydrogens is 548 g/mol. The number of imide groups is 2. The lowest BCUT2D eigenvalue weighted by Crippen LogP contribution is -2.54. The van der Waals surface area contributed by atoms with Crippen molar-refractivity contribution in [3.63, 3.8) is 0 Å². The number of hydrogen-bond acceptors (Lipinski definition) is 8. The lowest BCUT2D eigenvalue weighted by molar-refractivity contribution is -0.136. The van der Waals surface area contributed by atoms with Gasteiger partial charge in [0.05, 0.1) is 16.8 Å². The Labute approximate surface area is 251 Å². The molecule has 1 unspecified atom stereocenters. The lowest BCUT2D eigenvalue weighted by atomic mass is 9.94. The molecule has 0 radical (unpaired) electrons. The number of carbonyl (C=O) groups is 5. The van der Waals surface area contributed by atoms with Crippen molar-refractivity contribution in [2.24, 2.45) is 5.92 Å². The van der Waals surface area contributed by atoms with Gasteiger partial charge in [-0.3, -0.25) is 39.1 Å². The monoisotopic (exact) mass is 586 g/mol. The molecule has 5 amide bonds. The van der Waals surface area contributed by atoms with E-state index in [0.29, 0.717) is 30.1 Å². The van der Waals surface area contributed by atoms with E-state index in [1.165, 1.54) is 0 Å². The number of nitrogens with one attached hydrogen (secondary N) is 1. The Morgan fingerprint density at radius 2 is 1.56 bits per heavy atom. The summed E-state index contributed by atoms with van der Waals surface area (Å²) in [6.07, 6.45) is 2.16. The zero-order valence-corrected chi connectivity index (χ0v) is 24.8. The number of carbonyl (C=O) groups excluding carboxylic acids is 5. The SMILES string of the molecule is CN(C)c1ccc(C(=O)N2CCN(CC3CCN(c4cccc5c4C(=O)N(C4CCC(=O)NC4=O)C5=O)CC3)CC2)cc1. The molecule has 0 saturated carbocycles. The average molecular weight is 587 g/mol. The fourth-order valence-corrected chi connectivity index (χ4v) is 6.70. The maximum atomic E-state index is 13.5. The van der Waals surface area contributed by atoms with Crippen LogP contribution < -0.4 is 15.1 Å². The minimum absolute atomic E-state index is 0.0813. The molecule has 0 aliphatic carbocycles. The van der Waals surface area contributed by atoms with Crippen LogP contribution in [0.3, 0.4) is 0 Å². The number of rotatable bonds is 6. The van der Waals surface area contributed by atoms with E-state index in [9.17, 15) is 24.0 Å². The number of piperidine rings is 2. The Kier molecular flexibility index (Phi) is 7.91. The van der Waals surface area contributed by atoms with Crippen molar-refractivity contribution in [2.75, 3.05) is 69.7 Å². The van der Waals surface area contributed by atoms with Gasteiger partial charge in [0.15, 0.2) is 0 Å². The Balaban J connectivity index is 1.02. The first-order valence-electron chi connectivity index (χ1n) is 15.1. The number of piperazine rings is 1. The first kappa shape index (κ1) is 28.9. The number of anilines is 2. The highest BCUT2D eigenvalue weighted by atomic mass is 16.2. The molecule has 0 bridgehead atoms. The number of amides is 5. The van der Waals surface area contributed by atoms with Crippen molar-refractivity contribution in [2.45, 2.75) is 31.7 Å². The summed E-state index contributed by atoms with van der Waals surface area (Å²) in [6, 6.07) is 12.1. The van der Waals surface area contributed by atoms with Gasteiger partial charge >= 0.3 is 0 Å². The fraction of sp³-hybridized carbons (Fsp3) is 0.469. The normalized spacial score (nSPS) is 21.7. The quantitative estimate of drug-likeness (QED) is 0.511. The summed E-state index contributed by atoms with van der Waals surface area (Å²) in [6.45, 7) is 5.62. The second kappa shape index (κ2) is 11.8. The minimum atomic E-state index is -0.969. The van der Waals surface area contributed by atoms with Crippen LogP contribution in [0, 0.1) is 5.92 Å². The number of fused-ring (bicyclic) bond motifs is 1. The molecule has 11 heteroatoms. The third-order valence-corrected chi connectivity index (χ3v) is 9.21. The van der Waals surface area contributed by atoms with Gasteiger partial charge in [-0.15, -0.1) is 0 Å². The zero-order valence-electron chi connectivity index (χ0n) is 24.8. The maximum Gasteiger partial charge on any atom is 0.264 e. The van der Waals surface area contributed by atoms with E-state index in [1.807, 2.05) is 54.2 Å². The summed E-state index contributed by atoms with van der Waals surface area (Å²) in [5.74, 6) is -1.34. The Morgan fingerprint density at radius 1 is 0.860 bits per heavy atom. The molecule has 43 heavy (non-hydrogen) atoms. The molecule has 4 aliphatic heterocycles. The van der Waals surface area contributed by atoms with Gasteiger partial charge in [-0.25, -0.2) is 0 Å². The Bertz CT molecular complexity index is 1440. The van der Waals surface area contributed by atoms with Crippen LogP contribution in [0.4, 0.5) is 11.4 Å². The number of benzene rings is 2. The smallest absolute Gasteiger partial charge is 0.264 e. The van der Waals surface area contributed by atoms with Crippen LogP contribution in [-0.2, 0) is 9.59 Å². The summed E-state index contributed by atoms with van der Waals surface area (Å²) in [5, 5.41) is 2.25.